The molecular formula is C21H24N4O4. The fourth-order valence-electron chi connectivity index (χ4n) is 3.68. The lowest BCUT2D eigenvalue weighted by Crippen LogP contribution is -2.45. The standard InChI is InChI=1S/C21H24N4O4/c1-15(26)23-17-3-2-4-18(14-17)24-20(27)16-5-8-22-19(13-16)25-9-6-21(7-10-25)28-11-12-29-21/h2-5,8,13-14H,6-7,9-12H2,1H3,(H,23,26)(H,24,27). The number of amides is 2. The Kier molecular flexibility index (Phi) is 5.46. The van der Waals surface area contributed by atoms with Gasteiger partial charge in [-0.2, -0.15) is 0 Å². The molecule has 2 N–H and O–H groups in total. The summed E-state index contributed by atoms with van der Waals surface area (Å²) in [5.41, 5.74) is 1.76. The third-order valence-electron chi connectivity index (χ3n) is 5.11. The molecule has 2 aromatic rings. The topological polar surface area (TPSA) is 92.8 Å². The van der Waals surface area contributed by atoms with Gasteiger partial charge >= 0.3 is 0 Å². The summed E-state index contributed by atoms with van der Waals surface area (Å²) in [6.07, 6.45) is 3.20. The quantitative estimate of drug-likeness (QED) is 0.825. The highest BCUT2D eigenvalue weighted by molar-refractivity contribution is 6.05. The van der Waals surface area contributed by atoms with E-state index in [1.165, 1.54) is 6.92 Å². The zero-order valence-electron chi connectivity index (χ0n) is 16.3. The largest absolute Gasteiger partial charge is 0.356 e. The lowest BCUT2D eigenvalue weighted by atomic mass is 10.0. The van der Waals surface area contributed by atoms with Crippen LogP contribution in [0, 0.1) is 0 Å². The number of benzene rings is 1. The van der Waals surface area contributed by atoms with Crippen LogP contribution in [0.2, 0.25) is 0 Å². The number of hydrogen-bond acceptors (Lipinski definition) is 6. The Morgan fingerprint density at radius 1 is 1.03 bits per heavy atom. The fourth-order valence-corrected chi connectivity index (χ4v) is 3.68. The molecule has 8 nitrogen and oxygen atoms in total. The van der Waals surface area contributed by atoms with Gasteiger partial charge in [0, 0.05) is 56.0 Å². The first-order chi connectivity index (χ1) is 14.0. The first-order valence-electron chi connectivity index (χ1n) is 9.71. The molecule has 0 aliphatic carbocycles. The Morgan fingerprint density at radius 2 is 1.72 bits per heavy atom. The molecule has 3 heterocycles. The highest BCUT2D eigenvalue weighted by Crippen LogP contribution is 2.32. The molecule has 8 heteroatoms. The Labute approximate surface area is 169 Å². The molecule has 4 rings (SSSR count). The van der Waals surface area contributed by atoms with Gasteiger partial charge in [-0.05, 0) is 30.3 Å². The van der Waals surface area contributed by atoms with Crippen molar-refractivity contribution in [3.63, 3.8) is 0 Å². The van der Waals surface area contributed by atoms with Crippen LogP contribution in [0.25, 0.3) is 0 Å². The van der Waals surface area contributed by atoms with Gasteiger partial charge in [0.1, 0.15) is 5.82 Å². The third kappa shape index (κ3) is 4.55. The predicted molar refractivity (Wildman–Crippen MR) is 109 cm³/mol. The highest BCUT2D eigenvalue weighted by atomic mass is 16.7. The zero-order valence-corrected chi connectivity index (χ0v) is 16.3. The number of rotatable bonds is 4. The van der Waals surface area contributed by atoms with Gasteiger partial charge in [-0.3, -0.25) is 9.59 Å². The number of carbonyl (C=O) groups is 2. The lowest BCUT2D eigenvalue weighted by Gasteiger charge is -2.38. The molecule has 0 atom stereocenters. The van der Waals surface area contributed by atoms with Crippen molar-refractivity contribution in [1.29, 1.82) is 0 Å². The second-order valence-corrected chi connectivity index (χ2v) is 7.21. The highest BCUT2D eigenvalue weighted by Gasteiger charge is 2.40. The molecule has 0 saturated carbocycles. The number of aromatic nitrogens is 1. The average molecular weight is 396 g/mol. The van der Waals surface area contributed by atoms with Gasteiger partial charge in [-0.15, -0.1) is 0 Å². The minimum atomic E-state index is -0.440. The minimum Gasteiger partial charge on any atom is -0.356 e. The Morgan fingerprint density at radius 3 is 2.41 bits per heavy atom. The van der Waals surface area contributed by atoms with Crippen molar-refractivity contribution in [3.8, 4) is 0 Å². The molecule has 0 bridgehead atoms. The lowest BCUT2D eigenvalue weighted by molar-refractivity contribution is -0.169. The number of ether oxygens (including phenoxy) is 2. The number of anilines is 3. The van der Waals surface area contributed by atoms with Crippen LogP contribution >= 0.6 is 0 Å². The second-order valence-electron chi connectivity index (χ2n) is 7.21. The summed E-state index contributed by atoms with van der Waals surface area (Å²) < 4.78 is 11.5. The maximum atomic E-state index is 12.7. The molecular weight excluding hydrogens is 372 g/mol. The summed E-state index contributed by atoms with van der Waals surface area (Å²) in [4.78, 5) is 30.5. The van der Waals surface area contributed by atoms with E-state index < -0.39 is 5.79 Å². The van der Waals surface area contributed by atoms with Crippen LogP contribution in [-0.4, -0.2) is 48.9 Å². The van der Waals surface area contributed by atoms with Crippen LogP contribution in [0.1, 0.15) is 30.1 Å². The Bertz CT molecular complexity index is 901. The first-order valence-corrected chi connectivity index (χ1v) is 9.71. The predicted octanol–water partition coefficient (Wildman–Crippen LogP) is 2.64. The third-order valence-corrected chi connectivity index (χ3v) is 5.11. The summed E-state index contributed by atoms with van der Waals surface area (Å²) in [7, 11) is 0. The summed E-state index contributed by atoms with van der Waals surface area (Å²) in [5.74, 6) is -0.0734. The van der Waals surface area contributed by atoms with Crippen molar-refractivity contribution in [3.05, 3.63) is 48.2 Å². The normalized spacial score (nSPS) is 17.9. The van der Waals surface area contributed by atoms with Gasteiger partial charge in [-0.25, -0.2) is 4.98 Å². The molecule has 1 aromatic carbocycles. The van der Waals surface area contributed by atoms with E-state index in [2.05, 4.69) is 20.5 Å². The van der Waals surface area contributed by atoms with Crippen LogP contribution in [0.15, 0.2) is 42.6 Å². The fraction of sp³-hybridized carbons (Fsp3) is 0.381. The smallest absolute Gasteiger partial charge is 0.255 e. The van der Waals surface area contributed by atoms with Gasteiger partial charge in [0.15, 0.2) is 5.79 Å². The van der Waals surface area contributed by atoms with Crippen LogP contribution in [0.3, 0.4) is 0 Å². The van der Waals surface area contributed by atoms with E-state index in [0.717, 1.165) is 31.7 Å². The van der Waals surface area contributed by atoms with Crippen LogP contribution in [0.5, 0.6) is 0 Å². The molecule has 1 aromatic heterocycles. The average Bonchev–Trinajstić information content (AvgIpc) is 3.16. The van der Waals surface area contributed by atoms with E-state index in [1.807, 2.05) is 0 Å². The van der Waals surface area contributed by atoms with Gasteiger partial charge in [-0.1, -0.05) is 6.07 Å². The summed E-state index contributed by atoms with van der Waals surface area (Å²) in [5, 5.41) is 5.57. The van der Waals surface area contributed by atoms with E-state index in [1.54, 1.807) is 42.6 Å². The van der Waals surface area contributed by atoms with E-state index in [-0.39, 0.29) is 11.8 Å². The number of carbonyl (C=O) groups excluding carboxylic acids is 2. The zero-order chi connectivity index (χ0) is 20.3. The Balaban J connectivity index is 1.42. The van der Waals surface area contributed by atoms with E-state index in [9.17, 15) is 9.59 Å². The summed E-state index contributed by atoms with van der Waals surface area (Å²) in [6.45, 7) is 4.26. The molecule has 2 aliphatic rings. The molecule has 2 amide bonds. The number of nitrogens with one attached hydrogen (secondary N) is 2. The monoisotopic (exact) mass is 396 g/mol. The van der Waals surface area contributed by atoms with Crippen molar-refractivity contribution in [1.82, 2.24) is 4.98 Å². The number of hydrogen-bond donors (Lipinski definition) is 2. The van der Waals surface area contributed by atoms with E-state index in [4.69, 9.17) is 9.47 Å². The number of piperidine rings is 1. The molecule has 0 radical (unpaired) electrons. The number of nitrogens with zero attached hydrogens (tertiary/aromatic N) is 2. The second kappa shape index (κ2) is 8.18. The first kappa shape index (κ1) is 19.4. The summed E-state index contributed by atoms with van der Waals surface area (Å²) in [6, 6.07) is 10.5. The molecule has 2 fully saturated rings. The molecule has 152 valence electrons. The maximum Gasteiger partial charge on any atom is 0.255 e. The molecule has 29 heavy (non-hydrogen) atoms. The minimum absolute atomic E-state index is 0.163. The van der Waals surface area contributed by atoms with E-state index in [0.29, 0.717) is 30.2 Å². The van der Waals surface area contributed by atoms with Gasteiger partial charge in [0.05, 0.1) is 13.2 Å². The van der Waals surface area contributed by atoms with Gasteiger partial charge in [0.2, 0.25) is 5.91 Å². The van der Waals surface area contributed by atoms with Crippen LogP contribution in [-0.2, 0) is 14.3 Å². The van der Waals surface area contributed by atoms with Crippen molar-refractivity contribution in [2.45, 2.75) is 25.6 Å². The van der Waals surface area contributed by atoms with Gasteiger partial charge in [0.25, 0.3) is 5.91 Å². The SMILES string of the molecule is CC(=O)Nc1cccc(NC(=O)c2ccnc(N3CCC4(CC3)OCCO4)c2)c1. The number of pyridine rings is 1. The van der Waals surface area contributed by atoms with Crippen molar-refractivity contribution in [2.75, 3.05) is 41.8 Å². The molecule has 1 spiro atoms. The molecule has 2 aliphatic heterocycles. The maximum absolute atomic E-state index is 12.7. The van der Waals surface area contributed by atoms with Crippen molar-refractivity contribution < 1.29 is 19.1 Å². The van der Waals surface area contributed by atoms with Crippen molar-refractivity contribution >= 4 is 29.0 Å². The summed E-state index contributed by atoms with van der Waals surface area (Å²) >= 11 is 0. The van der Waals surface area contributed by atoms with Crippen molar-refractivity contribution in [2.24, 2.45) is 0 Å². The van der Waals surface area contributed by atoms with Crippen LogP contribution in [0.4, 0.5) is 17.2 Å². The molecule has 0 unspecified atom stereocenters. The van der Waals surface area contributed by atoms with Crippen LogP contribution < -0.4 is 15.5 Å². The van der Waals surface area contributed by atoms with E-state index >= 15 is 0 Å². The Hall–Kier alpha value is -2.97. The molecule has 2 saturated heterocycles. The van der Waals surface area contributed by atoms with Gasteiger partial charge < -0.3 is 25.0 Å².